The first-order valence-corrected chi connectivity index (χ1v) is 6.43. The van der Waals surface area contributed by atoms with E-state index in [4.69, 9.17) is 11.6 Å². The van der Waals surface area contributed by atoms with E-state index in [2.05, 4.69) is 5.32 Å². The molecular weight excluding hydrogens is 268 g/mol. The molecule has 0 saturated heterocycles. The highest BCUT2D eigenvalue weighted by Gasteiger charge is 2.14. The second kappa shape index (κ2) is 6.13. The lowest BCUT2D eigenvalue weighted by Crippen LogP contribution is -2.22. The summed E-state index contributed by atoms with van der Waals surface area (Å²) < 4.78 is 26.6. The standard InChI is InChI=1S/C15H14ClF2N/c1-2-19-15(10-3-5-12(16)6-4-10)11-7-13(17)9-14(18)8-11/h3-9,15,19H,2H2,1H3. The zero-order valence-electron chi connectivity index (χ0n) is 10.5. The van der Waals surface area contributed by atoms with Crippen molar-refractivity contribution < 1.29 is 8.78 Å². The molecule has 0 aliphatic heterocycles. The highest BCUT2D eigenvalue weighted by Crippen LogP contribution is 2.24. The van der Waals surface area contributed by atoms with Crippen LogP contribution in [-0.2, 0) is 0 Å². The summed E-state index contributed by atoms with van der Waals surface area (Å²) in [6, 6.07) is 10.5. The Morgan fingerprint density at radius 3 is 2.11 bits per heavy atom. The Balaban J connectivity index is 2.41. The summed E-state index contributed by atoms with van der Waals surface area (Å²) in [5.41, 5.74) is 1.47. The highest BCUT2D eigenvalue weighted by atomic mass is 35.5. The molecule has 2 aromatic carbocycles. The van der Waals surface area contributed by atoms with Gasteiger partial charge in [-0.25, -0.2) is 8.78 Å². The molecule has 2 rings (SSSR count). The minimum absolute atomic E-state index is 0.257. The van der Waals surface area contributed by atoms with E-state index in [0.717, 1.165) is 11.6 Å². The van der Waals surface area contributed by atoms with E-state index in [9.17, 15) is 8.78 Å². The van der Waals surface area contributed by atoms with Gasteiger partial charge in [0.05, 0.1) is 6.04 Å². The lowest BCUT2D eigenvalue weighted by molar-refractivity contribution is 0.565. The molecule has 0 amide bonds. The summed E-state index contributed by atoms with van der Waals surface area (Å²) in [4.78, 5) is 0. The first kappa shape index (κ1) is 14.0. The van der Waals surface area contributed by atoms with E-state index >= 15 is 0 Å². The Morgan fingerprint density at radius 2 is 1.58 bits per heavy atom. The molecule has 2 aromatic rings. The summed E-state index contributed by atoms with van der Waals surface area (Å²) >= 11 is 5.85. The topological polar surface area (TPSA) is 12.0 Å². The van der Waals surface area contributed by atoms with Crippen LogP contribution >= 0.6 is 11.6 Å². The Bertz CT molecular complexity index is 534. The van der Waals surface area contributed by atoms with Gasteiger partial charge in [0.25, 0.3) is 0 Å². The number of halogens is 3. The van der Waals surface area contributed by atoms with Gasteiger partial charge in [0, 0.05) is 11.1 Å². The summed E-state index contributed by atoms with van der Waals surface area (Å²) in [5, 5.41) is 3.84. The third-order valence-electron chi connectivity index (χ3n) is 2.83. The van der Waals surface area contributed by atoms with Crippen LogP contribution < -0.4 is 5.32 Å². The van der Waals surface area contributed by atoms with Gasteiger partial charge < -0.3 is 5.32 Å². The van der Waals surface area contributed by atoms with Gasteiger partial charge in [-0.15, -0.1) is 0 Å². The summed E-state index contributed by atoms with van der Waals surface area (Å²) in [6.07, 6.45) is 0. The molecule has 0 radical (unpaired) electrons. The first-order chi connectivity index (χ1) is 9.10. The molecule has 0 aliphatic rings. The van der Waals surface area contributed by atoms with Crippen molar-refractivity contribution in [3.05, 3.63) is 70.2 Å². The van der Waals surface area contributed by atoms with E-state index in [0.29, 0.717) is 17.1 Å². The van der Waals surface area contributed by atoms with E-state index in [1.807, 2.05) is 19.1 Å². The number of hydrogen-bond acceptors (Lipinski definition) is 1. The third kappa shape index (κ3) is 3.52. The monoisotopic (exact) mass is 281 g/mol. The van der Waals surface area contributed by atoms with E-state index in [-0.39, 0.29) is 6.04 Å². The summed E-state index contributed by atoms with van der Waals surface area (Å²) in [7, 11) is 0. The molecule has 0 saturated carbocycles. The molecule has 1 atom stereocenters. The van der Waals surface area contributed by atoms with Crippen molar-refractivity contribution in [3.63, 3.8) is 0 Å². The minimum atomic E-state index is -0.577. The number of nitrogens with one attached hydrogen (secondary N) is 1. The van der Waals surface area contributed by atoms with Crippen LogP contribution in [0.2, 0.25) is 5.02 Å². The third-order valence-corrected chi connectivity index (χ3v) is 3.08. The molecule has 1 N–H and O–H groups in total. The first-order valence-electron chi connectivity index (χ1n) is 6.05. The fraction of sp³-hybridized carbons (Fsp3) is 0.200. The molecule has 19 heavy (non-hydrogen) atoms. The van der Waals surface area contributed by atoms with E-state index < -0.39 is 11.6 Å². The lowest BCUT2D eigenvalue weighted by atomic mass is 9.98. The van der Waals surface area contributed by atoms with Gasteiger partial charge in [0.2, 0.25) is 0 Å². The molecule has 0 bridgehead atoms. The Morgan fingerprint density at radius 1 is 1.00 bits per heavy atom. The van der Waals surface area contributed by atoms with Crippen LogP contribution in [0, 0.1) is 11.6 Å². The molecule has 100 valence electrons. The van der Waals surface area contributed by atoms with Crippen molar-refractivity contribution in [2.45, 2.75) is 13.0 Å². The van der Waals surface area contributed by atoms with Crippen LogP contribution in [0.4, 0.5) is 8.78 Å². The van der Waals surface area contributed by atoms with Crippen LogP contribution in [0.3, 0.4) is 0 Å². The SMILES string of the molecule is CCNC(c1ccc(Cl)cc1)c1cc(F)cc(F)c1. The number of benzene rings is 2. The van der Waals surface area contributed by atoms with Crippen LogP contribution in [0.5, 0.6) is 0 Å². The number of hydrogen-bond donors (Lipinski definition) is 1. The summed E-state index contributed by atoms with van der Waals surface area (Å²) in [5.74, 6) is -1.15. The minimum Gasteiger partial charge on any atom is -0.307 e. The Hall–Kier alpha value is -1.45. The Kier molecular flexibility index (Phi) is 4.51. The van der Waals surface area contributed by atoms with Gasteiger partial charge in [0.15, 0.2) is 0 Å². The molecule has 0 fully saturated rings. The predicted octanol–water partition coefficient (Wildman–Crippen LogP) is 4.32. The number of rotatable bonds is 4. The zero-order valence-corrected chi connectivity index (χ0v) is 11.2. The van der Waals surface area contributed by atoms with Gasteiger partial charge in [-0.05, 0) is 41.9 Å². The van der Waals surface area contributed by atoms with Crippen molar-refractivity contribution in [1.82, 2.24) is 5.32 Å². The van der Waals surface area contributed by atoms with Crippen LogP contribution in [-0.4, -0.2) is 6.54 Å². The highest BCUT2D eigenvalue weighted by molar-refractivity contribution is 6.30. The van der Waals surface area contributed by atoms with Crippen LogP contribution in [0.1, 0.15) is 24.1 Å². The zero-order chi connectivity index (χ0) is 13.8. The normalized spacial score (nSPS) is 12.4. The van der Waals surface area contributed by atoms with Gasteiger partial charge in [-0.2, -0.15) is 0 Å². The second-order valence-electron chi connectivity index (χ2n) is 4.25. The van der Waals surface area contributed by atoms with Gasteiger partial charge >= 0.3 is 0 Å². The van der Waals surface area contributed by atoms with Gasteiger partial charge in [-0.1, -0.05) is 30.7 Å². The van der Waals surface area contributed by atoms with E-state index in [1.54, 1.807) is 12.1 Å². The van der Waals surface area contributed by atoms with Crippen molar-refractivity contribution >= 4 is 11.6 Å². The molecular formula is C15H14ClF2N. The lowest BCUT2D eigenvalue weighted by Gasteiger charge is -2.19. The summed E-state index contributed by atoms with van der Waals surface area (Å²) in [6.45, 7) is 2.63. The quantitative estimate of drug-likeness (QED) is 0.880. The molecule has 0 aromatic heterocycles. The van der Waals surface area contributed by atoms with Crippen molar-refractivity contribution in [3.8, 4) is 0 Å². The van der Waals surface area contributed by atoms with Crippen LogP contribution in [0.15, 0.2) is 42.5 Å². The maximum absolute atomic E-state index is 13.3. The van der Waals surface area contributed by atoms with E-state index in [1.165, 1.54) is 12.1 Å². The fourth-order valence-corrected chi connectivity index (χ4v) is 2.16. The predicted molar refractivity (Wildman–Crippen MR) is 73.3 cm³/mol. The van der Waals surface area contributed by atoms with Crippen molar-refractivity contribution in [2.75, 3.05) is 6.54 Å². The fourth-order valence-electron chi connectivity index (χ4n) is 2.03. The van der Waals surface area contributed by atoms with Crippen molar-refractivity contribution in [2.24, 2.45) is 0 Å². The van der Waals surface area contributed by atoms with Gasteiger partial charge in [0.1, 0.15) is 11.6 Å². The average Bonchev–Trinajstić information content (AvgIpc) is 2.36. The largest absolute Gasteiger partial charge is 0.307 e. The maximum atomic E-state index is 13.3. The molecule has 0 spiro atoms. The molecule has 0 aliphatic carbocycles. The second-order valence-corrected chi connectivity index (χ2v) is 4.68. The van der Waals surface area contributed by atoms with Gasteiger partial charge in [-0.3, -0.25) is 0 Å². The van der Waals surface area contributed by atoms with Crippen molar-refractivity contribution in [1.29, 1.82) is 0 Å². The molecule has 1 unspecified atom stereocenters. The van der Waals surface area contributed by atoms with Crippen LogP contribution in [0.25, 0.3) is 0 Å². The smallest absolute Gasteiger partial charge is 0.126 e. The maximum Gasteiger partial charge on any atom is 0.126 e. The molecule has 4 heteroatoms. The Labute approximate surface area is 116 Å². The molecule has 1 nitrogen and oxygen atoms in total. The average molecular weight is 282 g/mol. The molecule has 0 heterocycles.